The second kappa shape index (κ2) is 9.15. The van der Waals surface area contributed by atoms with Crippen molar-refractivity contribution >= 4 is 21.5 Å². The first-order chi connectivity index (χ1) is 13.6. The predicted molar refractivity (Wildman–Crippen MR) is 109 cm³/mol. The maximum absolute atomic E-state index is 12.6. The Balaban J connectivity index is 2.35. The molecule has 0 fully saturated rings. The van der Waals surface area contributed by atoms with Crippen LogP contribution in [0.3, 0.4) is 0 Å². The van der Waals surface area contributed by atoms with Gasteiger partial charge >= 0.3 is 5.69 Å². The molecule has 0 aliphatic rings. The van der Waals surface area contributed by atoms with Gasteiger partial charge in [-0.2, -0.15) is 4.31 Å². The second-order valence-corrected chi connectivity index (χ2v) is 8.40. The van der Waals surface area contributed by atoms with Crippen LogP contribution in [-0.2, 0) is 10.0 Å². The van der Waals surface area contributed by atoms with Gasteiger partial charge in [-0.05, 0) is 26.0 Å². The zero-order valence-corrected chi connectivity index (χ0v) is 17.6. The minimum Gasteiger partial charge on any atom is -0.475 e. The van der Waals surface area contributed by atoms with Crippen molar-refractivity contribution < 1.29 is 22.9 Å². The number of rotatable bonds is 9. The smallest absolute Gasteiger partial charge is 0.312 e. The summed E-state index contributed by atoms with van der Waals surface area (Å²) >= 11 is 0. The summed E-state index contributed by atoms with van der Waals surface area (Å²) in [5.41, 5.74) is 0.907. The van der Waals surface area contributed by atoms with E-state index in [0.717, 1.165) is 11.6 Å². The van der Waals surface area contributed by atoms with E-state index in [1.54, 1.807) is 38.1 Å². The van der Waals surface area contributed by atoms with Gasteiger partial charge in [0.15, 0.2) is 11.9 Å². The van der Waals surface area contributed by atoms with Crippen LogP contribution >= 0.6 is 0 Å². The van der Waals surface area contributed by atoms with Gasteiger partial charge in [0.2, 0.25) is 15.8 Å². The molecule has 1 atom stereocenters. The largest absolute Gasteiger partial charge is 0.475 e. The molecule has 2 aromatic carbocycles. The van der Waals surface area contributed by atoms with Crippen LogP contribution in [0.2, 0.25) is 0 Å². The van der Waals surface area contributed by atoms with Crippen molar-refractivity contribution in [1.82, 2.24) is 4.31 Å². The zero-order valence-electron chi connectivity index (χ0n) is 16.8. The minimum atomic E-state index is -3.86. The van der Waals surface area contributed by atoms with E-state index in [1.807, 2.05) is 6.92 Å². The highest BCUT2D eigenvalue weighted by molar-refractivity contribution is 7.89. The van der Waals surface area contributed by atoms with E-state index >= 15 is 0 Å². The molecule has 0 aliphatic heterocycles. The summed E-state index contributed by atoms with van der Waals surface area (Å²) in [5.74, 6) is -0.499. The van der Waals surface area contributed by atoms with Crippen molar-refractivity contribution in [2.75, 3.05) is 13.1 Å². The van der Waals surface area contributed by atoms with Gasteiger partial charge in [0.05, 0.1) is 9.82 Å². The van der Waals surface area contributed by atoms with Crippen LogP contribution in [0.1, 0.15) is 36.7 Å². The highest BCUT2D eigenvalue weighted by Crippen LogP contribution is 2.32. The molecular formula is C20H24N2O6S. The van der Waals surface area contributed by atoms with E-state index in [9.17, 15) is 23.3 Å². The number of nitro benzene ring substituents is 1. The van der Waals surface area contributed by atoms with E-state index in [2.05, 4.69) is 0 Å². The number of benzene rings is 2. The van der Waals surface area contributed by atoms with Crippen molar-refractivity contribution in [3.63, 3.8) is 0 Å². The lowest BCUT2D eigenvalue weighted by atomic mass is 10.1. The van der Waals surface area contributed by atoms with E-state index in [0.29, 0.717) is 5.56 Å². The average molecular weight is 420 g/mol. The SMILES string of the molecule is CCN(CC)S(=O)(=O)c1ccc(O[C@@H](C)C(=O)c2ccc(C)cc2)c([N+](=O)[O-])c1. The highest BCUT2D eigenvalue weighted by Gasteiger charge is 2.28. The molecule has 0 spiro atoms. The van der Waals surface area contributed by atoms with Gasteiger partial charge in [-0.15, -0.1) is 0 Å². The Kier molecular flexibility index (Phi) is 7.10. The second-order valence-electron chi connectivity index (χ2n) is 6.47. The molecule has 0 bridgehead atoms. The summed E-state index contributed by atoms with van der Waals surface area (Å²) in [7, 11) is -3.86. The summed E-state index contributed by atoms with van der Waals surface area (Å²) in [5, 5.41) is 11.5. The van der Waals surface area contributed by atoms with Crippen LogP contribution in [0.5, 0.6) is 5.75 Å². The molecule has 0 amide bonds. The van der Waals surface area contributed by atoms with Gasteiger partial charge in [-0.3, -0.25) is 14.9 Å². The summed E-state index contributed by atoms with van der Waals surface area (Å²) in [6.45, 7) is 7.24. The molecule has 29 heavy (non-hydrogen) atoms. The maximum Gasteiger partial charge on any atom is 0.312 e. The van der Waals surface area contributed by atoms with Crippen LogP contribution < -0.4 is 4.74 Å². The highest BCUT2D eigenvalue weighted by atomic mass is 32.2. The first-order valence-corrected chi connectivity index (χ1v) is 10.6. The molecule has 0 saturated carbocycles. The topological polar surface area (TPSA) is 107 Å². The van der Waals surface area contributed by atoms with Gasteiger partial charge in [0.25, 0.3) is 0 Å². The van der Waals surface area contributed by atoms with Crippen LogP contribution in [0.25, 0.3) is 0 Å². The van der Waals surface area contributed by atoms with Gasteiger partial charge in [0.1, 0.15) is 0 Å². The zero-order chi connectivity index (χ0) is 21.8. The lowest BCUT2D eigenvalue weighted by Crippen LogP contribution is -2.30. The number of carbonyl (C=O) groups is 1. The molecule has 0 radical (unpaired) electrons. The van der Waals surface area contributed by atoms with E-state index in [1.165, 1.54) is 23.4 Å². The molecule has 0 N–H and O–H groups in total. The number of nitrogens with zero attached hydrogens (tertiary/aromatic N) is 2. The Bertz CT molecular complexity index is 998. The van der Waals surface area contributed by atoms with Crippen LogP contribution in [0, 0.1) is 17.0 Å². The molecule has 9 heteroatoms. The van der Waals surface area contributed by atoms with Gasteiger partial charge in [-0.25, -0.2) is 8.42 Å². The third kappa shape index (κ3) is 4.99. The Labute approximate surface area is 170 Å². The lowest BCUT2D eigenvalue weighted by molar-refractivity contribution is -0.386. The Morgan fingerprint density at radius 1 is 1.14 bits per heavy atom. The molecule has 8 nitrogen and oxygen atoms in total. The lowest BCUT2D eigenvalue weighted by Gasteiger charge is -2.19. The van der Waals surface area contributed by atoms with Gasteiger partial charge in [0, 0.05) is 24.7 Å². The molecule has 0 unspecified atom stereocenters. The number of nitro groups is 1. The van der Waals surface area contributed by atoms with Crippen molar-refractivity contribution in [3.8, 4) is 5.75 Å². The number of aryl methyl sites for hydroxylation is 1. The molecule has 2 rings (SSSR count). The Hall–Kier alpha value is -2.78. The fourth-order valence-electron chi connectivity index (χ4n) is 2.81. The van der Waals surface area contributed by atoms with Crippen LogP contribution in [-0.4, -0.2) is 42.6 Å². The van der Waals surface area contributed by atoms with Crippen molar-refractivity contribution in [3.05, 3.63) is 63.7 Å². The van der Waals surface area contributed by atoms with Crippen molar-refractivity contribution in [2.45, 2.75) is 38.7 Å². The number of hydrogen-bond acceptors (Lipinski definition) is 6. The summed E-state index contributed by atoms with van der Waals surface area (Å²) in [4.78, 5) is 23.1. The van der Waals surface area contributed by atoms with Gasteiger partial charge in [-0.1, -0.05) is 43.7 Å². The first kappa shape index (κ1) is 22.5. The molecule has 156 valence electrons. The molecular weight excluding hydrogens is 396 g/mol. The summed E-state index contributed by atoms with van der Waals surface area (Å²) < 4.78 is 32.0. The molecule has 0 aromatic heterocycles. The molecule has 0 aliphatic carbocycles. The Morgan fingerprint density at radius 3 is 2.24 bits per heavy atom. The summed E-state index contributed by atoms with van der Waals surface area (Å²) in [6.07, 6.45) is -0.985. The first-order valence-electron chi connectivity index (χ1n) is 9.17. The van der Waals surface area contributed by atoms with E-state index in [4.69, 9.17) is 4.74 Å². The molecule has 0 heterocycles. The number of Topliss-reactive ketones (excluding diaryl/α,β-unsaturated/α-hetero) is 1. The van der Waals surface area contributed by atoms with E-state index < -0.39 is 26.7 Å². The monoisotopic (exact) mass is 420 g/mol. The average Bonchev–Trinajstić information content (AvgIpc) is 2.68. The fourth-order valence-corrected chi connectivity index (χ4v) is 4.29. The third-order valence-electron chi connectivity index (χ3n) is 4.48. The van der Waals surface area contributed by atoms with Crippen LogP contribution in [0.15, 0.2) is 47.4 Å². The minimum absolute atomic E-state index is 0.165. The standard InChI is InChI=1S/C20H24N2O6S/c1-5-21(6-2)29(26,27)17-11-12-19(18(13-17)22(24)25)28-15(4)20(23)16-9-7-14(3)8-10-16/h7-13,15H,5-6H2,1-4H3/t15-/m0/s1. The number of sulfonamides is 1. The quantitative estimate of drug-likeness (QED) is 0.349. The maximum atomic E-state index is 12.6. The normalized spacial score (nSPS) is 12.6. The summed E-state index contributed by atoms with van der Waals surface area (Å²) in [6, 6.07) is 10.3. The molecule has 2 aromatic rings. The number of hydrogen-bond donors (Lipinski definition) is 0. The predicted octanol–water partition coefficient (Wildman–Crippen LogP) is 3.58. The van der Waals surface area contributed by atoms with Gasteiger partial charge < -0.3 is 4.74 Å². The molecule has 0 saturated heterocycles. The van der Waals surface area contributed by atoms with Crippen molar-refractivity contribution in [2.24, 2.45) is 0 Å². The Morgan fingerprint density at radius 2 is 1.72 bits per heavy atom. The fraction of sp³-hybridized carbons (Fsp3) is 0.350. The van der Waals surface area contributed by atoms with Crippen LogP contribution in [0.4, 0.5) is 5.69 Å². The van der Waals surface area contributed by atoms with E-state index in [-0.39, 0.29) is 29.5 Å². The number of ether oxygens (including phenoxy) is 1. The number of ketones is 1. The number of carbonyl (C=O) groups excluding carboxylic acids is 1. The van der Waals surface area contributed by atoms with Crippen molar-refractivity contribution in [1.29, 1.82) is 0 Å². The third-order valence-corrected chi connectivity index (χ3v) is 6.53.